The number of nitrogens with one attached hydrogen (secondary N) is 1. The zero-order chi connectivity index (χ0) is 15.3. The maximum atomic E-state index is 11.4. The molecular formula is C12H16BrN5O2S. The molecule has 2 heterocycles. The van der Waals surface area contributed by atoms with Gasteiger partial charge < -0.3 is 4.90 Å². The predicted octanol–water partition coefficient (Wildman–Crippen LogP) is 0.836. The number of nitrogens with zero attached hydrogens (tertiary/aromatic N) is 4. The van der Waals surface area contributed by atoms with Crippen molar-refractivity contribution < 1.29 is 8.42 Å². The molecule has 1 aromatic rings. The minimum atomic E-state index is -3.21. The second-order valence-corrected chi connectivity index (χ2v) is 7.95. The second-order valence-electron chi connectivity index (χ2n) is 4.84. The Labute approximate surface area is 132 Å². The van der Waals surface area contributed by atoms with Crippen LogP contribution in [0.25, 0.3) is 0 Å². The normalized spacial score (nSPS) is 16.7. The summed E-state index contributed by atoms with van der Waals surface area (Å²) in [4.78, 5) is 10.3. The number of sulfonamides is 1. The van der Waals surface area contributed by atoms with Crippen molar-refractivity contribution in [2.24, 2.45) is 5.92 Å². The third-order valence-corrected chi connectivity index (χ3v) is 6.14. The molecule has 1 saturated heterocycles. The highest BCUT2D eigenvalue weighted by atomic mass is 79.9. The molecule has 1 aliphatic rings. The fourth-order valence-electron chi connectivity index (χ4n) is 2.27. The molecule has 1 aliphatic heterocycles. The monoisotopic (exact) mass is 373 g/mol. The molecule has 0 atom stereocenters. The molecule has 0 aromatic carbocycles. The Balaban J connectivity index is 1.90. The minimum Gasteiger partial charge on any atom is -0.354 e. The van der Waals surface area contributed by atoms with Crippen LogP contribution >= 0.6 is 15.9 Å². The summed E-state index contributed by atoms with van der Waals surface area (Å²) in [5.41, 5.74) is 0.330. The van der Waals surface area contributed by atoms with E-state index in [4.69, 9.17) is 5.26 Å². The van der Waals surface area contributed by atoms with E-state index in [0.29, 0.717) is 24.0 Å². The topological polar surface area (TPSA) is 99.0 Å². The van der Waals surface area contributed by atoms with Gasteiger partial charge in [0.1, 0.15) is 10.7 Å². The first-order valence-electron chi connectivity index (χ1n) is 6.55. The van der Waals surface area contributed by atoms with Crippen LogP contribution in [0.1, 0.15) is 18.5 Å². The van der Waals surface area contributed by atoms with E-state index in [2.05, 4.69) is 30.6 Å². The van der Waals surface area contributed by atoms with E-state index >= 15 is 0 Å². The number of piperidine rings is 1. The highest BCUT2D eigenvalue weighted by Gasteiger charge is 2.23. The van der Waals surface area contributed by atoms with Gasteiger partial charge in [0.25, 0.3) is 0 Å². The predicted molar refractivity (Wildman–Crippen MR) is 82.4 cm³/mol. The molecule has 0 radical (unpaired) electrons. The zero-order valence-corrected chi connectivity index (χ0v) is 13.8. The standard InChI is InChI=1S/C12H16BrN5O2S/c13-9-21(19,20)17-8-10-1-5-18(6-2-10)12-11(7-14)15-3-4-16-12/h3-4,10,17H,1-2,5-6,8-9H2. The van der Waals surface area contributed by atoms with Crippen molar-refractivity contribution in [3.8, 4) is 6.07 Å². The van der Waals surface area contributed by atoms with Crippen LogP contribution in [-0.2, 0) is 10.0 Å². The van der Waals surface area contributed by atoms with Gasteiger partial charge in [-0.1, -0.05) is 15.9 Å². The minimum absolute atomic E-state index is 0.0794. The average molecular weight is 374 g/mol. The van der Waals surface area contributed by atoms with Gasteiger partial charge >= 0.3 is 0 Å². The summed E-state index contributed by atoms with van der Waals surface area (Å²) >= 11 is 2.95. The number of alkyl halides is 1. The smallest absolute Gasteiger partial charge is 0.221 e. The van der Waals surface area contributed by atoms with Gasteiger partial charge in [-0.2, -0.15) is 5.26 Å². The van der Waals surface area contributed by atoms with E-state index in [9.17, 15) is 8.42 Å². The lowest BCUT2D eigenvalue weighted by molar-refractivity contribution is 0.400. The van der Waals surface area contributed by atoms with Gasteiger partial charge in [0, 0.05) is 32.0 Å². The highest BCUT2D eigenvalue weighted by Crippen LogP contribution is 2.22. The number of anilines is 1. The van der Waals surface area contributed by atoms with Gasteiger partial charge in [-0.15, -0.1) is 0 Å². The first-order valence-corrected chi connectivity index (χ1v) is 9.32. The Bertz CT molecular complexity index is 623. The van der Waals surface area contributed by atoms with Gasteiger partial charge in [-0.05, 0) is 18.8 Å². The molecule has 0 bridgehead atoms. The van der Waals surface area contributed by atoms with Crippen LogP contribution < -0.4 is 9.62 Å². The summed E-state index contributed by atoms with van der Waals surface area (Å²) in [7, 11) is -3.21. The van der Waals surface area contributed by atoms with E-state index in [1.807, 2.05) is 11.0 Å². The van der Waals surface area contributed by atoms with Crippen LogP contribution in [0.5, 0.6) is 0 Å². The van der Waals surface area contributed by atoms with E-state index in [0.717, 1.165) is 25.9 Å². The fraction of sp³-hybridized carbons (Fsp3) is 0.583. The van der Waals surface area contributed by atoms with Crippen molar-refractivity contribution in [3.05, 3.63) is 18.1 Å². The Morgan fingerprint density at radius 1 is 1.38 bits per heavy atom. The van der Waals surface area contributed by atoms with Gasteiger partial charge in [-0.25, -0.2) is 23.1 Å². The van der Waals surface area contributed by atoms with Gasteiger partial charge in [-0.3, -0.25) is 0 Å². The van der Waals surface area contributed by atoms with Crippen molar-refractivity contribution in [3.63, 3.8) is 0 Å². The average Bonchev–Trinajstić information content (AvgIpc) is 2.53. The molecule has 0 aliphatic carbocycles. The zero-order valence-electron chi connectivity index (χ0n) is 11.4. The van der Waals surface area contributed by atoms with E-state index in [1.54, 1.807) is 6.20 Å². The molecule has 7 nitrogen and oxygen atoms in total. The number of hydrogen-bond donors (Lipinski definition) is 1. The number of hydrogen-bond acceptors (Lipinski definition) is 6. The molecule has 0 saturated carbocycles. The van der Waals surface area contributed by atoms with Crippen LogP contribution in [0.4, 0.5) is 5.82 Å². The summed E-state index contributed by atoms with van der Waals surface area (Å²) in [5.74, 6) is 0.914. The van der Waals surface area contributed by atoms with E-state index < -0.39 is 10.0 Å². The summed E-state index contributed by atoms with van der Waals surface area (Å²) < 4.78 is 25.3. The number of halogens is 1. The molecule has 1 fully saturated rings. The first kappa shape index (κ1) is 16.1. The highest BCUT2D eigenvalue weighted by molar-refractivity contribution is 9.10. The Kier molecular flexibility index (Phi) is 5.50. The summed E-state index contributed by atoms with van der Waals surface area (Å²) in [6.45, 7) is 1.94. The molecule has 0 spiro atoms. The quantitative estimate of drug-likeness (QED) is 0.767. The van der Waals surface area contributed by atoms with Crippen molar-refractivity contribution in [2.75, 3.05) is 29.2 Å². The molecular weight excluding hydrogens is 358 g/mol. The molecule has 21 heavy (non-hydrogen) atoms. The summed E-state index contributed by atoms with van der Waals surface area (Å²) in [6.07, 6.45) is 4.79. The molecule has 2 rings (SSSR count). The van der Waals surface area contributed by atoms with Crippen LogP contribution in [-0.4, -0.2) is 42.7 Å². The first-order chi connectivity index (χ1) is 10.1. The van der Waals surface area contributed by atoms with Crippen molar-refractivity contribution in [1.82, 2.24) is 14.7 Å². The lowest BCUT2D eigenvalue weighted by Crippen LogP contribution is -2.39. The molecule has 114 valence electrons. The third kappa shape index (κ3) is 4.36. The molecule has 0 unspecified atom stereocenters. The van der Waals surface area contributed by atoms with E-state index in [-0.39, 0.29) is 4.66 Å². The second kappa shape index (κ2) is 7.15. The molecule has 1 aromatic heterocycles. The van der Waals surface area contributed by atoms with Crippen molar-refractivity contribution in [1.29, 1.82) is 5.26 Å². The Hall–Kier alpha value is -1.24. The lowest BCUT2D eigenvalue weighted by Gasteiger charge is -2.32. The van der Waals surface area contributed by atoms with Gasteiger partial charge in [0.2, 0.25) is 10.0 Å². The van der Waals surface area contributed by atoms with Crippen LogP contribution in [0.2, 0.25) is 0 Å². The molecule has 0 amide bonds. The number of rotatable bonds is 5. The summed E-state index contributed by atoms with van der Waals surface area (Å²) in [5, 5.41) is 9.04. The maximum Gasteiger partial charge on any atom is 0.221 e. The molecule has 9 heteroatoms. The number of aromatic nitrogens is 2. The SMILES string of the molecule is N#Cc1nccnc1N1CCC(CNS(=O)(=O)CBr)CC1. The third-order valence-electron chi connectivity index (χ3n) is 3.43. The maximum absolute atomic E-state index is 11.4. The van der Waals surface area contributed by atoms with Crippen molar-refractivity contribution >= 4 is 31.8 Å². The van der Waals surface area contributed by atoms with E-state index in [1.165, 1.54) is 6.20 Å². The van der Waals surface area contributed by atoms with Crippen LogP contribution in [0.15, 0.2) is 12.4 Å². The van der Waals surface area contributed by atoms with Crippen LogP contribution in [0.3, 0.4) is 0 Å². The van der Waals surface area contributed by atoms with Crippen molar-refractivity contribution in [2.45, 2.75) is 12.8 Å². The lowest BCUT2D eigenvalue weighted by atomic mass is 9.97. The summed E-state index contributed by atoms with van der Waals surface area (Å²) in [6, 6.07) is 2.04. The Morgan fingerprint density at radius 3 is 2.67 bits per heavy atom. The Morgan fingerprint density at radius 2 is 2.05 bits per heavy atom. The number of nitriles is 1. The largest absolute Gasteiger partial charge is 0.354 e. The molecule has 1 N–H and O–H groups in total. The fourth-order valence-corrected chi connectivity index (χ4v) is 3.33. The van der Waals surface area contributed by atoms with Gasteiger partial charge in [0.15, 0.2) is 11.5 Å². The van der Waals surface area contributed by atoms with Gasteiger partial charge in [0.05, 0.1) is 0 Å². The van der Waals surface area contributed by atoms with Crippen LogP contribution in [0, 0.1) is 17.2 Å².